The number of rotatable bonds is 5. The summed E-state index contributed by atoms with van der Waals surface area (Å²) >= 11 is 5.97. The molecular weight excluding hydrogens is 465 g/mol. The lowest BCUT2D eigenvalue weighted by molar-refractivity contribution is -0.126. The van der Waals surface area contributed by atoms with Crippen molar-refractivity contribution >= 4 is 33.0 Å². The Morgan fingerprint density at radius 1 is 1.09 bits per heavy atom. The summed E-state index contributed by atoms with van der Waals surface area (Å²) < 4.78 is 47.2. The average molecular weight is 496 g/mol. The van der Waals surface area contributed by atoms with Crippen LogP contribution in [0.1, 0.15) is 53.0 Å². The Morgan fingerprint density at radius 2 is 1.67 bits per heavy atom. The summed E-state index contributed by atoms with van der Waals surface area (Å²) in [6.45, 7) is 9.46. The van der Waals surface area contributed by atoms with Gasteiger partial charge < -0.3 is 9.64 Å². The van der Waals surface area contributed by atoms with Gasteiger partial charge in [0.05, 0.1) is 10.6 Å². The highest BCUT2D eigenvalue weighted by molar-refractivity contribution is 7.92. The first kappa shape index (κ1) is 25.7. The molecule has 33 heavy (non-hydrogen) atoms. The Balaban J connectivity index is 2.21. The Morgan fingerprint density at radius 3 is 2.18 bits per heavy atom. The second-order valence-corrected chi connectivity index (χ2v) is 12.4. The summed E-state index contributed by atoms with van der Waals surface area (Å²) in [4.78, 5) is 14.7. The number of benzene rings is 2. The molecule has 0 N–H and O–H groups in total. The maximum Gasteiger partial charge on any atom is 0.232 e. The third-order valence-corrected chi connectivity index (χ3v) is 8.86. The van der Waals surface area contributed by atoms with Crippen molar-refractivity contribution in [1.82, 2.24) is 0 Å². The van der Waals surface area contributed by atoms with Crippen LogP contribution >= 0.6 is 11.6 Å². The second-order valence-electron chi connectivity index (χ2n) is 9.75. The minimum atomic E-state index is -3.88. The van der Waals surface area contributed by atoms with Crippen LogP contribution in [0.3, 0.4) is 0 Å². The number of nitrogens with zero attached hydrogens (tertiary/aromatic N) is 1. The Labute approximate surface area is 200 Å². The van der Waals surface area contributed by atoms with Gasteiger partial charge in [-0.25, -0.2) is 12.8 Å². The average Bonchev–Trinajstić information content (AvgIpc) is 2.75. The van der Waals surface area contributed by atoms with E-state index in [0.717, 1.165) is 0 Å². The van der Waals surface area contributed by atoms with Crippen LogP contribution in [0.2, 0.25) is 5.02 Å². The van der Waals surface area contributed by atoms with E-state index in [1.165, 1.54) is 35.2 Å². The van der Waals surface area contributed by atoms with Gasteiger partial charge in [0.15, 0.2) is 9.84 Å². The smallest absolute Gasteiger partial charge is 0.232 e. The molecule has 0 saturated carbocycles. The standard InChI is InChI=1S/C25H31ClFNO4S/c1-17(2)28(23(29)24(3,4)5)22-16-18(6-11-21(22)27)25(12-14-32-15-13-25)33(30,31)20-9-7-19(26)8-10-20/h6-11,16-17H,12-15H2,1-5H3. The van der Waals surface area contributed by atoms with E-state index in [1.807, 2.05) is 13.8 Å². The minimum absolute atomic E-state index is 0.0830. The van der Waals surface area contributed by atoms with Crippen LogP contribution in [-0.4, -0.2) is 33.6 Å². The zero-order valence-corrected chi connectivity index (χ0v) is 21.3. The third kappa shape index (κ3) is 4.81. The monoisotopic (exact) mass is 495 g/mol. The number of carbonyl (C=O) groups excluding carboxylic acids is 1. The van der Waals surface area contributed by atoms with E-state index in [-0.39, 0.29) is 48.6 Å². The van der Waals surface area contributed by atoms with Gasteiger partial charge in [0, 0.05) is 29.7 Å². The second kappa shape index (κ2) is 9.35. The molecule has 3 rings (SSSR count). The lowest BCUT2D eigenvalue weighted by Gasteiger charge is -2.38. The van der Waals surface area contributed by atoms with Gasteiger partial charge in [-0.3, -0.25) is 4.79 Å². The molecule has 1 saturated heterocycles. The summed E-state index contributed by atoms with van der Waals surface area (Å²) in [6, 6.07) is 10.0. The van der Waals surface area contributed by atoms with Crippen LogP contribution in [0.4, 0.5) is 10.1 Å². The van der Waals surface area contributed by atoms with Crippen LogP contribution in [0.25, 0.3) is 0 Å². The van der Waals surface area contributed by atoms with E-state index in [1.54, 1.807) is 32.9 Å². The van der Waals surface area contributed by atoms with Crippen molar-refractivity contribution in [3.63, 3.8) is 0 Å². The van der Waals surface area contributed by atoms with Crippen molar-refractivity contribution < 1.29 is 22.3 Å². The zero-order chi connectivity index (χ0) is 24.6. The molecule has 0 aliphatic carbocycles. The fraction of sp³-hybridized carbons (Fsp3) is 0.480. The number of ether oxygens (including phenoxy) is 1. The Kier molecular flexibility index (Phi) is 7.27. The van der Waals surface area contributed by atoms with Gasteiger partial charge in [-0.2, -0.15) is 0 Å². The molecule has 0 unspecified atom stereocenters. The van der Waals surface area contributed by atoms with E-state index in [9.17, 15) is 13.2 Å². The lowest BCUT2D eigenvalue weighted by atomic mass is 9.89. The molecule has 0 aromatic heterocycles. The highest BCUT2D eigenvalue weighted by atomic mass is 35.5. The maximum atomic E-state index is 15.1. The number of hydrogen-bond donors (Lipinski definition) is 0. The molecule has 180 valence electrons. The molecular formula is C25H31ClFNO4S. The van der Waals surface area contributed by atoms with Gasteiger partial charge in [-0.15, -0.1) is 0 Å². The fourth-order valence-electron chi connectivity index (χ4n) is 4.22. The number of sulfone groups is 1. The number of amides is 1. The SMILES string of the molecule is CC(C)N(C(=O)C(C)(C)C)c1cc(C2(S(=O)(=O)c3ccc(Cl)cc3)CCOCC2)ccc1F. The van der Waals surface area contributed by atoms with Gasteiger partial charge in [-0.05, 0) is 68.7 Å². The van der Waals surface area contributed by atoms with Crippen molar-refractivity contribution in [2.24, 2.45) is 5.41 Å². The molecule has 1 amide bonds. The van der Waals surface area contributed by atoms with E-state index in [2.05, 4.69) is 0 Å². The third-order valence-electron chi connectivity index (χ3n) is 6.05. The normalized spacial score (nSPS) is 16.6. The van der Waals surface area contributed by atoms with Gasteiger partial charge in [0.25, 0.3) is 0 Å². The molecule has 8 heteroatoms. The Bertz CT molecular complexity index is 1120. The highest BCUT2D eigenvalue weighted by Gasteiger charge is 2.48. The maximum absolute atomic E-state index is 15.1. The van der Waals surface area contributed by atoms with Crippen LogP contribution < -0.4 is 4.90 Å². The predicted molar refractivity (Wildman–Crippen MR) is 129 cm³/mol. The molecule has 1 aliphatic rings. The first-order valence-corrected chi connectivity index (χ1v) is 12.9. The molecule has 0 bridgehead atoms. The number of hydrogen-bond acceptors (Lipinski definition) is 4. The summed E-state index contributed by atoms with van der Waals surface area (Å²) in [5, 5.41) is 0.437. The summed E-state index contributed by atoms with van der Waals surface area (Å²) in [5.41, 5.74) is -0.206. The van der Waals surface area contributed by atoms with E-state index in [0.29, 0.717) is 10.6 Å². The van der Waals surface area contributed by atoms with Gasteiger partial charge in [-0.1, -0.05) is 38.4 Å². The van der Waals surface area contributed by atoms with Crippen LogP contribution in [-0.2, 0) is 24.1 Å². The van der Waals surface area contributed by atoms with Crippen molar-refractivity contribution in [3.05, 3.63) is 58.9 Å². The van der Waals surface area contributed by atoms with Gasteiger partial charge in [0.1, 0.15) is 10.6 Å². The molecule has 2 aromatic carbocycles. The van der Waals surface area contributed by atoms with Crippen molar-refractivity contribution in [2.75, 3.05) is 18.1 Å². The van der Waals surface area contributed by atoms with Crippen LogP contribution in [0.15, 0.2) is 47.4 Å². The molecule has 1 aliphatic heterocycles. The molecule has 1 fully saturated rings. The van der Waals surface area contributed by atoms with Crippen LogP contribution in [0.5, 0.6) is 0 Å². The zero-order valence-electron chi connectivity index (χ0n) is 19.7. The van der Waals surface area contributed by atoms with E-state index < -0.39 is 25.8 Å². The predicted octanol–water partition coefficient (Wildman–Crippen LogP) is 5.75. The first-order valence-electron chi connectivity index (χ1n) is 11.0. The number of anilines is 1. The summed E-state index contributed by atoms with van der Waals surface area (Å²) in [5.74, 6) is -0.814. The number of halogens is 2. The van der Waals surface area contributed by atoms with Gasteiger partial charge >= 0.3 is 0 Å². The Hall–Kier alpha value is -1.96. The highest BCUT2D eigenvalue weighted by Crippen LogP contribution is 2.45. The quantitative estimate of drug-likeness (QED) is 0.530. The molecule has 0 spiro atoms. The van der Waals surface area contributed by atoms with Crippen molar-refractivity contribution in [1.29, 1.82) is 0 Å². The lowest BCUT2D eigenvalue weighted by Crippen LogP contribution is -2.45. The molecule has 0 atom stereocenters. The van der Waals surface area contributed by atoms with E-state index in [4.69, 9.17) is 16.3 Å². The molecule has 5 nitrogen and oxygen atoms in total. The molecule has 0 radical (unpaired) electrons. The van der Waals surface area contributed by atoms with Crippen molar-refractivity contribution in [3.8, 4) is 0 Å². The van der Waals surface area contributed by atoms with E-state index >= 15 is 4.39 Å². The summed E-state index contributed by atoms with van der Waals surface area (Å²) in [6.07, 6.45) is 0.440. The largest absolute Gasteiger partial charge is 0.381 e. The minimum Gasteiger partial charge on any atom is -0.381 e. The summed E-state index contributed by atoms with van der Waals surface area (Å²) in [7, 11) is -3.88. The molecule has 1 heterocycles. The van der Waals surface area contributed by atoms with Crippen molar-refractivity contribution in [2.45, 2.75) is 63.1 Å². The number of carbonyl (C=O) groups is 1. The van der Waals surface area contributed by atoms with Gasteiger partial charge in [0.2, 0.25) is 5.91 Å². The van der Waals surface area contributed by atoms with Crippen LogP contribution in [0, 0.1) is 11.2 Å². The first-order chi connectivity index (χ1) is 15.3. The fourth-order valence-corrected chi connectivity index (χ4v) is 6.43. The molecule has 2 aromatic rings. The topological polar surface area (TPSA) is 63.7 Å².